The second kappa shape index (κ2) is 8.26. The Bertz CT molecular complexity index is 711. The van der Waals surface area contributed by atoms with Gasteiger partial charge in [-0.15, -0.1) is 0 Å². The third-order valence-electron chi connectivity index (χ3n) is 4.71. The van der Waals surface area contributed by atoms with E-state index in [-0.39, 0.29) is 17.6 Å². The van der Waals surface area contributed by atoms with Crippen LogP contribution in [-0.4, -0.2) is 37.1 Å². The number of benzene rings is 2. The van der Waals surface area contributed by atoms with Gasteiger partial charge in [0.05, 0.1) is 11.7 Å². The second-order valence-electron chi connectivity index (χ2n) is 6.56. The number of nitrogens with zero attached hydrogens (tertiary/aromatic N) is 1. The molecule has 3 nitrogen and oxygen atoms in total. The lowest BCUT2D eigenvalue weighted by Gasteiger charge is -2.25. The molecule has 0 N–H and O–H groups in total. The molecule has 3 rings (SSSR count). The molecule has 0 radical (unpaired) electrons. The Balaban J connectivity index is 1.70. The van der Waals surface area contributed by atoms with E-state index in [0.717, 1.165) is 37.0 Å². The van der Waals surface area contributed by atoms with Crippen LogP contribution in [0.2, 0.25) is 0 Å². The number of hydrogen-bond donors (Lipinski definition) is 0. The van der Waals surface area contributed by atoms with Crippen LogP contribution in [0.25, 0.3) is 11.1 Å². The molecule has 1 amide bonds. The van der Waals surface area contributed by atoms with Crippen molar-refractivity contribution in [2.24, 2.45) is 0 Å². The van der Waals surface area contributed by atoms with Gasteiger partial charge in [0.25, 0.3) is 5.91 Å². The van der Waals surface area contributed by atoms with E-state index in [9.17, 15) is 9.18 Å². The predicted octanol–water partition coefficient (Wildman–Crippen LogP) is 4.52. The normalized spacial score (nSPS) is 17.3. The SMILES string of the molecule is CN(CCC1CCCCO1)C(=O)c1cc(-c2ccccc2)ccc1F. The lowest BCUT2D eigenvalue weighted by molar-refractivity contribution is 0.00707. The molecule has 2 aromatic carbocycles. The number of hydrogen-bond acceptors (Lipinski definition) is 2. The summed E-state index contributed by atoms with van der Waals surface area (Å²) in [5.41, 5.74) is 1.93. The van der Waals surface area contributed by atoms with E-state index in [4.69, 9.17) is 4.74 Å². The molecule has 132 valence electrons. The maximum Gasteiger partial charge on any atom is 0.256 e. The van der Waals surface area contributed by atoms with Gasteiger partial charge in [0, 0.05) is 20.2 Å². The van der Waals surface area contributed by atoms with Crippen LogP contribution in [0.5, 0.6) is 0 Å². The van der Waals surface area contributed by atoms with Gasteiger partial charge in [0.15, 0.2) is 0 Å². The van der Waals surface area contributed by atoms with Gasteiger partial charge in [-0.3, -0.25) is 4.79 Å². The van der Waals surface area contributed by atoms with E-state index in [1.807, 2.05) is 30.3 Å². The van der Waals surface area contributed by atoms with Crippen molar-refractivity contribution in [2.75, 3.05) is 20.2 Å². The van der Waals surface area contributed by atoms with Crippen LogP contribution < -0.4 is 0 Å². The molecule has 1 aliphatic rings. The van der Waals surface area contributed by atoms with Gasteiger partial charge in [-0.1, -0.05) is 36.4 Å². The van der Waals surface area contributed by atoms with Gasteiger partial charge in [0.2, 0.25) is 0 Å². The fourth-order valence-corrected chi connectivity index (χ4v) is 3.18. The van der Waals surface area contributed by atoms with Crippen LogP contribution >= 0.6 is 0 Å². The molecule has 1 saturated heterocycles. The Hall–Kier alpha value is -2.20. The molecule has 0 saturated carbocycles. The number of ether oxygens (including phenoxy) is 1. The summed E-state index contributed by atoms with van der Waals surface area (Å²) in [4.78, 5) is 14.3. The zero-order chi connectivity index (χ0) is 17.6. The van der Waals surface area contributed by atoms with Crippen molar-refractivity contribution >= 4 is 5.91 Å². The maximum absolute atomic E-state index is 14.2. The molecular weight excluding hydrogens is 317 g/mol. The minimum absolute atomic E-state index is 0.119. The topological polar surface area (TPSA) is 29.5 Å². The minimum Gasteiger partial charge on any atom is -0.378 e. The third-order valence-corrected chi connectivity index (χ3v) is 4.71. The summed E-state index contributed by atoms with van der Waals surface area (Å²) in [5, 5.41) is 0. The van der Waals surface area contributed by atoms with E-state index in [0.29, 0.717) is 6.54 Å². The lowest BCUT2D eigenvalue weighted by atomic mass is 10.0. The largest absolute Gasteiger partial charge is 0.378 e. The van der Waals surface area contributed by atoms with Crippen LogP contribution in [-0.2, 0) is 4.74 Å². The number of rotatable bonds is 5. The van der Waals surface area contributed by atoms with Gasteiger partial charge in [0.1, 0.15) is 5.82 Å². The van der Waals surface area contributed by atoms with Gasteiger partial charge >= 0.3 is 0 Å². The molecular formula is C21H24FNO2. The maximum atomic E-state index is 14.2. The fourth-order valence-electron chi connectivity index (χ4n) is 3.18. The Labute approximate surface area is 148 Å². The van der Waals surface area contributed by atoms with Crippen LogP contribution in [0.15, 0.2) is 48.5 Å². The van der Waals surface area contributed by atoms with Gasteiger partial charge in [-0.2, -0.15) is 0 Å². The van der Waals surface area contributed by atoms with E-state index >= 15 is 0 Å². The quantitative estimate of drug-likeness (QED) is 0.800. The average molecular weight is 341 g/mol. The van der Waals surface area contributed by atoms with Gasteiger partial charge in [-0.05, 0) is 48.9 Å². The third kappa shape index (κ3) is 4.45. The minimum atomic E-state index is -0.481. The molecule has 1 aliphatic heterocycles. The van der Waals surface area contributed by atoms with Crippen molar-refractivity contribution < 1.29 is 13.9 Å². The highest BCUT2D eigenvalue weighted by Gasteiger charge is 2.20. The summed E-state index contributed by atoms with van der Waals surface area (Å²) in [6, 6.07) is 14.4. The first kappa shape index (κ1) is 17.6. The number of amides is 1. The zero-order valence-electron chi connectivity index (χ0n) is 14.6. The van der Waals surface area contributed by atoms with Crippen LogP contribution in [0.4, 0.5) is 4.39 Å². The first-order valence-electron chi connectivity index (χ1n) is 8.87. The van der Waals surface area contributed by atoms with E-state index in [1.165, 1.54) is 12.5 Å². The van der Waals surface area contributed by atoms with Crippen LogP contribution in [0.3, 0.4) is 0 Å². The monoisotopic (exact) mass is 341 g/mol. The average Bonchev–Trinajstić information content (AvgIpc) is 2.67. The fraction of sp³-hybridized carbons (Fsp3) is 0.381. The first-order chi connectivity index (χ1) is 12.1. The van der Waals surface area contributed by atoms with Crippen LogP contribution in [0, 0.1) is 5.82 Å². The van der Waals surface area contributed by atoms with Crippen molar-refractivity contribution in [3.63, 3.8) is 0 Å². The molecule has 1 fully saturated rings. The smallest absolute Gasteiger partial charge is 0.256 e. The molecule has 0 aliphatic carbocycles. The highest BCUT2D eigenvalue weighted by atomic mass is 19.1. The molecule has 1 unspecified atom stereocenters. The molecule has 0 bridgehead atoms. The lowest BCUT2D eigenvalue weighted by Crippen LogP contribution is -2.32. The molecule has 0 spiro atoms. The summed E-state index contributed by atoms with van der Waals surface area (Å²) in [6.45, 7) is 1.37. The van der Waals surface area contributed by atoms with E-state index < -0.39 is 5.82 Å². The second-order valence-corrected chi connectivity index (χ2v) is 6.56. The summed E-state index contributed by atoms with van der Waals surface area (Å²) in [7, 11) is 1.72. The molecule has 2 aromatic rings. The van der Waals surface area contributed by atoms with Crippen molar-refractivity contribution in [1.82, 2.24) is 4.90 Å². The Kier molecular flexibility index (Phi) is 5.82. The summed E-state index contributed by atoms with van der Waals surface area (Å²) < 4.78 is 19.9. The summed E-state index contributed by atoms with van der Waals surface area (Å²) in [5.74, 6) is -0.767. The first-order valence-corrected chi connectivity index (χ1v) is 8.87. The summed E-state index contributed by atoms with van der Waals surface area (Å²) in [6.07, 6.45) is 4.34. The van der Waals surface area contributed by atoms with Crippen molar-refractivity contribution in [3.05, 3.63) is 59.9 Å². The predicted molar refractivity (Wildman–Crippen MR) is 97.0 cm³/mol. The highest BCUT2D eigenvalue weighted by Crippen LogP contribution is 2.23. The number of halogens is 1. The molecule has 4 heteroatoms. The van der Waals surface area contributed by atoms with Crippen molar-refractivity contribution in [3.8, 4) is 11.1 Å². The Morgan fingerprint density at radius 3 is 2.68 bits per heavy atom. The highest BCUT2D eigenvalue weighted by molar-refractivity contribution is 5.95. The Morgan fingerprint density at radius 1 is 1.16 bits per heavy atom. The zero-order valence-corrected chi connectivity index (χ0v) is 14.6. The van der Waals surface area contributed by atoms with Crippen molar-refractivity contribution in [2.45, 2.75) is 31.8 Å². The van der Waals surface area contributed by atoms with Gasteiger partial charge < -0.3 is 9.64 Å². The number of carbonyl (C=O) groups excluding carboxylic acids is 1. The van der Waals surface area contributed by atoms with E-state index in [1.54, 1.807) is 24.1 Å². The molecule has 1 atom stereocenters. The van der Waals surface area contributed by atoms with Crippen LogP contribution in [0.1, 0.15) is 36.0 Å². The van der Waals surface area contributed by atoms with Gasteiger partial charge in [-0.25, -0.2) is 4.39 Å². The standard InChI is InChI=1S/C21H24FNO2/c1-23(13-12-18-9-5-6-14-25-18)21(24)19-15-17(10-11-20(19)22)16-7-3-2-4-8-16/h2-4,7-8,10-11,15,18H,5-6,9,12-14H2,1H3. The Morgan fingerprint density at radius 2 is 1.96 bits per heavy atom. The number of carbonyl (C=O) groups is 1. The summed E-state index contributed by atoms with van der Waals surface area (Å²) >= 11 is 0. The van der Waals surface area contributed by atoms with Crippen molar-refractivity contribution in [1.29, 1.82) is 0 Å². The molecule has 25 heavy (non-hydrogen) atoms. The molecule has 1 heterocycles. The molecule has 0 aromatic heterocycles. The van der Waals surface area contributed by atoms with E-state index in [2.05, 4.69) is 0 Å².